The molecule has 0 fully saturated rings. The number of nitrogens with one attached hydrogen (secondary N) is 1. The Balaban J connectivity index is -0.0000000833. The molecule has 1 heterocycles. The maximum absolute atomic E-state index is 3.67. The molecule has 30 valence electrons. The first-order valence-corrected chi connectivity index (χ1v) is 1.43. The van der Waals surface area contributed by atoms with E-state index in [0.717, 1.165) is 0 Å². The first kappa shape index (κ1) is 5.98. The van der Waals surface area contributed by atoms with Gasteiger partial charge in [-0.25, -0.2) is 4.98 Å². The zero-order chi connectivity index (χ0) is 3.54. The number of imidazole rings is 1. The van der Waals surface area contributed by atoms with Crippen molar-refractivity contribution in [3.8, 4) is 0 Å². The Bertz CT molecular complexity index is 71.8. The van der Waals surface area contributed by atoms with Crippen LogP contribution in [0.25, 0.3) is 0 Å². The topological polar surface area (TPSA) is 28.7 Å². The molecule has 1 aromatic rings. The van der Waals surface area contributed by atoms with Crippen LogP contribution in [0.3, 0.4) is 0 Å². The standard InChI is InChI=1S/C3H4N2.Mg.2H/c1-2-5-3-4-1;;;/h1-3H,(H,4,5);;;/q;+2;2*-1. The van der Waals surface area contributed by atoms with Gasteiger partial charge in [0, 0.05) is 12.4 Å². The van der Waals surface area contributed by atoms with E-state index in [0.29, 0.717) is 0 Å². The average Bonchev–Trinajstić information content (AvgIpc) is 1.76. The first-order valence-electron chi connectivity index (χ1n) is 1.43. The molecule has 0 atom stereocenters. The van der Waals surface area contributed by atoms with Crippen LogP contribution in [0, 0.1) is 0 Å². The summed E-state index contributed by atoms with van der Waals surface area (Å²) in [5.41, 5.74) is 0. The number of rotatable bonds is 0. The second-order valence-corrected chi connectivity index (χ2v) is 0.761. The molecule has 6 heavy (non-hydrogen) atoms. The second-order valence-electron chi connectivity index (χ2n) is 0.761. The summed E-state index contributed by atoms with van der Waals surface area (Å²) in [6, 6.07) is 0. The number of hydrogen-bond donors (Lipinski definition) is 1. The Labute approximate surface area is 55.1 Å². The van der Waals surface area contributed by atoms with Crippen molar-refractivity contribution >= 4 is 23.1 Å². The predicted molar refractivity (Wildman–Crippen MR) is 26.6 cm³/mol. The fourth-order valence-electron chi connectivity index (χ4n) is 0.215. The molecule has 0 amide bonds. The average molecular weight is 94.4 g/mol. The number of hydrogen-bond acceptors (Lipinski definition) is 1. The molecular weight excluding hydrogens is 88.4 g/mol. The van der Waals surface area contributed by atoms with Crippen molar-refractivity contribution in [2.75, 3.05) is 0 Å². The third-order valence-corrected chi connectivity index (χ3v) is 0.406. The van der Waals surface area contributed by atoms with Crippen molar-refractivity contribution in [1.29, 1.82) is 0 Å². The Hall–Kier alpha value is -0.0238. The van der Waals surface area contributed by atoms with Gasteiger partial charge in [-0.2, -0.15) is 0 Å². The third-order valence-electron chi connectivity index (χ3n) is 0.406. The van der Waals surface area contributed by atoms with Crippen molar-refractivity contribution in [2.24, 2.45) is 0 Å². The van der Waals surface area contributed by atoms with Gasteiger partial charge in [-0.1, -0.05) is 0 Å². The molecule has 0 aliphatic carbocycles. The van der Waals surface area contributed by atoms with Crippen molar-refractivity contribution < 1.29 is 2.85 Å². The first-order chi connectivity index (χ1) is 2.50. The molecule has 0 aliphatic rings. The number of H-pyrrole nitrogens is 1. The number of aromatic nitrogens is 2. The van der Waals surface area contributed by atoms with E-state index in [4.69, 9.17) is 0 Å². The summed E-state index contributed by atoms with van der Waals surface area (Å²) >= 11 is 0. The van der Waals surface area contributed by atoms with Gasteiger partial charge >= 0.3 is 23.1 Å². The van der Waals surface area contributed by atoms with E-state index < -0.39 is 0 Å². The zero-order valence-electron chi connectivity index (χ0n) is 5.39. The Kier molecular flexibility index (Phi) is 3.16. The molecule has 1 aromatic heterocycles. The predicted octanol–water partition coefficient (Wildman–Crippen LogP) is 0.254. The van der Waals surface area contributed by atoms with Crippen LogP contribution in [0.15, 0.2) is 18.7 Å². The van der Waals surface area contributed by atoms with Gasteiger partial charge < -0.3 is 7.84 Å². The van der Waals surface area contributed by atoms with E-state index in [9.17, 15) is 0 Å². The Morgan fingerprint density at radius 3 is 2.67 bits per heavy atom. The van der Waals surface area contributed by atoms with Crippen LogP contribution in [-0.4, -0.2) is 33.0 Å². The summed E-state index contributed by atoms with van der Waals surface area (Å²) in [6.45, 7) is 0. The SMILES string of the molecule is [H-].[H-].[Mg+2].c1c[nH]cn1. The minimum atomic E-state index is 0. The molecule has 0 aromatic carbocycles. The van der Waals surface area contributed by atoms with Crippen molar-refractivity contribution in [2.45, 2.75) is 0 Å². The third kappa shape index (κ3) is 1.42. The van der Waals surface area contributed by atoms with Crippen molar-refractivity contribution in [3.63, 3.8) is 0 Å². The summed E-state index contributed by atoms with van der Waals surface area (Å²) < 4.78 is 0. The summed E-state index contributed by atoms with van der Waals surface area (Å²) in [5, 5.41) is 0. The van der Waals surface area contributed by atoms with Gasteiger partial charge in [0.2, 0.25) is 0 Å². The zero-order valence-corrected chi connectivity index (χ0v) is 4.80. The van der Waals surface area contributed by atoms with Crippen LogP contribution in [-0.2, 0) is 0 Å². The van der Waals surface area contributed by atoms with Crippen molar-refractivity contribution in [3.05, 3.63) is 18.7 Å². The summed E-state index contributed by atoms with van der Waals surface area (Å²) in [5.74, 6) is 0. The van der Waals surface area contributed by atoms with Gasteiger partial charge in [-0.05, 0) is 0 Å². The molecule has 0 unspecified atom stereocenters. The van der Waals surface area contributed by atoms with Crippen LogP contribution in [0.5, 0.6) is 0 Å². The van der Waals surface area contributed by atoms with Gasteiger partial charge in [0.1, 0.15) is 0 Å². The Morgan fingerprint density at radius 1 is 1.67 bits per heavy atom. The van der Waals surface area contributed by atoms with E-state index in [2.05, 4.69) is 9.97 Å². The van der Waals surface area contributed by atoms with Gasteiger partial charge in [-0.3, -0.25) is 0 Å². The molecule has 0 saturated heterocycles. The maximum atomic E-state index is 3.67. The van der Waals surface area contributed by atoms with Crippen LogP contribution in [0.1, 0.15) is 2.85 Å². The summed E-state index contributed by atoms with van der Waals surface area (Å²) in [6.07, 6.45) is 5.08. The second kappa shape index (κ2) is 3.18. The minimum Gasteiger partial charge on any atom is -1.00 e. The molecular formula is C3H6MgN2. The minimum absolute atomic E-state index is 0. The Morgan fingerprint density at radius 2 is 2.50 bits per heavy atom. The van der Waals surface area contributed by atoms with Gasteiger partial charge in [-0.15, -0.1) is 0 Å². The largest absolute Gasteiger partial charge is 2.00 e. The van der Waals surface area contributed by atoms with E-state index >= 15 is 0 Å². The quantitative estimate of drug-likeness (QED) is 0.459. The van der Waals surface area contributed by atoms with Crippen LogP contribution in [0.2, 0.25) is 0 Å². The van der Waals surface area contributed by atoms with E-state index in [1.165, 1.54) is 0 Å². The van der Waals surface area contributed by atoms with Crippen molar-refractivity contribution in [1.82, 2.24) is 9.97 Å². The fraction of sp³-hybridized carbons (Fsp3) is 0. The molecule has 0 aliphatic heterocycles. The smallest absolute Gasteiger partial charge is 1.00 e. The van der Waals surface area contributed by atoms with E-state index in [1.54, 1.807) is 18.7 Å². The van der Waals surface area contributed by atoms with Crippen LogP contribution < -0.4 is 0 Å². The van der Waals surface area contributed by atoms with E-state index in [1.807, 2.05) is 0 Å². The van der Waals surface area contributed by atoms with Gasteiger partial charge in [0.05, 0.1) is 6.33 Å². The molecule has 0 saturated carbocycles. The molecule has 0 radical (unpaired) electrons. The molecule has 0 spiro atoms. The van der Waals surface area contributed by atoms with Crippen LogP contribution in [0.4, 0.5) is 0 Å². The maximum Gasteiger partial charge on any atom is 2.00 e. The monoisotopic (exact) mass is 94.0 g/mol. The normalized spacial score (nSPS) is 6.67. The molecule has 0 bridgehead atoms. The van der Waals surface area contributed by atoms with E-state index in [-0.39, 0.29) is 25.9 Å². The summed E-state index contributed by atoms with van der Waals surface area (Å²) in [7, 11) is 0. The number of nitrogens with zero attached hydrogens (tertiary/aromatic N) is 1. The summed E-state index contributed by atoms with van der Waals surface area (Å²) in [4.78, 5) is 6.42. The van der Waals surface area contributed by atoms with Gasteiger partial charge in [0.25, 0.3) is 0 Å². The number of aromatic amines is 1. The van der Waals surface area contributed by atoms with Gasteiger partial charge in [0.15, 0.2) is 0 Å². The molecule has 1 rings (SSSR count). The van der Waals surface area contributed by atoms with Crippen LogP contribution >= 0.6 is 0 Å². The molecule has 2 nitrogen and oxygen atoms in total. The molecule has 3 heteroatoms. The molecule has 1 N–H and O–H groups in total. The fourth-order valence-corrected chi connectivity index (χ4v) is 0.215.